The van der Waals surface area contributed by atoms with Gasteiger partial charge in [-0.3, -0.25) is 9.69 Å². The molecule has 1 aromatic rings. The van der Waals surface area contributed by atoms with Gasteiger partial charge in [-0.15, -0.1) is 0 Å². The van der Waals surface area contributed by atoms with Crippen molar-refractivity contribution >= 4 is 40.3 Å². The maximum atomic E-state index is 12.5. The number of benzene rings is 1. The van der Waals surface area contributed by atoms with Crippen LogP contribution in [0, 0.1) is 5.92 Å². The van der Waals surface area contributed by atoms with Gasteiger partial charge in [-0.05, 0) is 29.7 Å². The standard InChI is InChI=1S/C16H19NO4S2/c1-9(2)8-17-15(19)13(23-16(17)22)7-10-5-11(20-3)14(18)12(6-10)21-4/h5-7,9,18H,8H2,1-4H3/b13-7-. The smallest absolute Gasteiger partial charge is 0.266 e. The molecule has 1 fully saturated rings. The molecular weight excluding hydrogens is 334 g/mol. The molecule has 0 unspecified atom stereocenters. The number of carbonyl (C=O) groups is 1. The van der Waals surface area contributed by atoms with Gasteiger partial charge >= 0.3 is 0 Å². The summed E-state index contributed by atoms with van der Waals surface area (Å²) < 4.78 is 10.8. The lowest BCUT2D eigenvalue weighted by Gasteiger charge is -2.16. The SMILES string of the molecule is COc1cc(/C=C2\SC(=S)N(CC(C)C)C2=O)cc(OC)c1O. The first-order valence-corrected chi connectivity index (χ1v) is 8.30. The summed E-state index contributed by atoms with van der Waals surface area (Å²) in [6.07, 6.45) is 1.73. The van der Waals surface area contributed by atoms with Crippen molar-refractivity contribution in [1.29, 1.82) is 0 Å². The number of hydrogen-bond donors (Lipinski definition) is 1. The summed E-state index contributed by atoms with van der Waals surface area (Å²) in [6, 6.07) is 3.29. The summed E-state index contributed by atoms with van der Waals surface area (Å²) in [7, 11) is 2.92. The van der Waals surface area contributed by atoms with Gasteiger partial charge in [-0.2, -0.15) is 0 Å². The molecule has 0 spiro atoms. The topological polar surface area (TPSA) is 59.0 Å². The third kappa shape index (κ3) is 3.79. The normalized spacial score (nSPS) is 16.6. The van der Waals surface area contributed by atoms with Crippen molar-refractivity contribution in [3.8, 4) is 17.2 Å². The number of thiocarbonyl (C=S) groups is 1. The molecule has 1 N–H and O–H groups in total. The van der Waals surface area contributed by atoms with Gasteiger partial charge in [-0.1, -0.05) is 37.8 Å². The van der Waals surface area contributed by atoms with Crippen LogP contribution >= 0.6 is 24.0 Å². The summed E-state index contributed by atoms with van der Waals surface area (Å²) in [5, 5.41) is 9.94. The van der Waals surface area contributed by atoms with Crippen LogP contribution in [0.15, 0.2) is 17.0 Å². The molecule has 1 saturated heterocycles. The molecule has 1 aliphatic heterocycles. The van der Waals surface area contributed by atoms with Crippen LogP contribution in [-0.2, 0) is 4.79 Å². The zero-order chi connectivity index (χ0) is 17.1. The Balaban J connectivity index is 2.35. The van der Waals surface area contributed by atoms with Crippen molar-refractivity contribution < 1.29 is 19.4 Å². The van der Waals surface area contributed by atoms with E-state index in [1.807, 2.05) is 13.8 Å². The number of methoxy groups -OCH3 is 2. The van der Waals surface area contributed by atoms with Crippen molar-refractivity contribution in [1.82, 2.24) is 4.90 Å². The summed E-state index contributed by atoms with van der Waals surface area (Å²) in [4.78, 5) is 14.6. The molecule has 5 nitrogen and oxygen atoms in total. The minimum Gasteiger partial charge on any atom is -0.502 e. The predicted octanol–water partition coefficient (Wildman–Crippen LogP) is 3.27. The van der Waals surface area contributed by atoms with E-state index >= 15 is 0 Å². The van der Waals surface area contributed by atoms with E-state index < -0.39 is 0 Å². The number of carbonyl (C=O) groups excluding carboxylic acids is 1. The molecule has 124 valence electrons. The third-order valence-corrected chi connectivity index (χ3v) is 4.60. The first kappa shape index (κ1) is 17.6. The van der Waals surface area contributed by atoms with Gasteiger partial charge in [0.05, 0.1) is 19.1 Å². The fraction of sp³-hybridized carbons (Fsp3) is 0.375. The molecule has 2 rings (SSSR count). The average Bonchev–Trinajstić information content (AvgIpc) is 2.76. The molecule has 1 aromatic carbocycles. The van der Waals surface area contributed by atoms with Crippen LogP contribution < -0.4 is 9.47 Å². The zero-order valence-corrected chi connectivity index (χ0v) is 15.1. The van der Waals surface area contributed by atoms with Crippen LogP contribution in [0.5, 0.6) is 17.2 Å². The Bertz CT molecular complexity index is 645. The third-order valence-electron chi connectivity index (χ3n) is 3.22. The minimum absolute atomic E-state index is 0.0699. The molecule has 0 aromatic heterocycles. The average molecular weight is 353 g/mol. The number of thioether (sulfide) groups is 1. The van der Waals surface area contributed by atoms with Crippen LogP contribution in [0.25, 0.3) is 6.08 Å². The van der Waals surface area contributed by atoms with Gasteiger partial charge in [0.15, 0.2) is 11.5 Å². The molecule has 0 radical (unpaired) electrons. The van der Waals surface area contributed by atoms with E-state index in [0.717, 1.165) is 0 Å². The van der Waals surface area contributed by atoms with E-state index in [-0.39, 0.29) is 23.2 Å². The Labute approximate surface area is 145 Å². The summed E-state index contributed by atoms with van der Waals surface area (Å²) in [5.74, 6) is 0.742. The van der Waals surface area contributed by atoms with Crippen LogP contribution in [0.2, 0.25) is 0 Å². The number of ether oxygens (including phenoxy) is 2. The zero-order valence-electron chi connectivity index (χ0n) is 13.5. The highest BCUT2D eigenvalue weighted by Gasteiger charge is 2.32. The number of hydrogen-bond acceptors (Lipinski definition) is 6. The van der Waals surface area contributed by atoms with Gasteiger partial charge < -0.3 is 14.6 Å². The first-order chi connectivity index (χ1) is 10.9. The molecule has 0 bridgehead atoms. The summed E-state index contributed by atoms with van der Waals surface area (Å²) in [6.45, 7) is 4.68. The number of nitrogens with zero attached hydrogens (tertiary/aromatic N) is 1. The molecule has 1 heterocycles. The summed E-state index contributed by atoms with van der Waals surface area (Å²) in [5.41, 5.74) is 0.696. The van der Waals surface area contributed by atoms with Gasteiger partial charge in [-0.25, -0.2) is 0 Å². The molecule has 0 saturated carbocycles. The Morgan fingerprint density at radius 3 is 2.35 bits per heavy atom. The van der Waals surface area contributed by atoms with E-state index in [9.17, 15) is 9.90 Å². The Morgan fingerprint density at radius 2 is 1.87 bits per heavy atom. The number of phenolic OH excluding ortho intramolecular Hbond substituents is 1. The lowest BCUT2D eigenvalue weighted by Crippen LogP contribution is -2.31. The van der Waals surface area contributed by atoms with Crippen LogP contribution in [0.1, 0.15) is 19.4 Å². The molecule has 0 atom stereocenters. The predicted molar refractivity (Wildman–Crippen MR) is 95.9 cm³/mol. The molecule has 1 amide bonds. The fourth-order valence-corrected chi connectivity index (χ4v) is 3.45. The van der Waals surface area contributed by atoms with Gasteiger partial charge in [0.1, 0.15) is 4.32 Å². The quantitative estimate of drug-likeness (QED) is 0.648. The van der Waals surface area contributed by atoms with Gasteiger partial charge in [0.25, 0.3) is 5.91 Å². The highest BCUT2D eigenvalue weighted by atomic mass is 32.2. The first-order valence-electron chi connectivity index (χ1n) is 7.07. The fourth-order valence-electron chi connectivity index (χ4n) is 2.17. The van der Waals surface area contributed by atoms with Crippen LogP contribution in [0.3, 0.4) is 0 Å². The van der Waals surface area contributed by atoms with E-state index in [0.29, 0.717) is 27.3 Å². The van der Waals surface area contributed by atoms with Crippen molar-refractivity contribution in [3.05, 3.63) is 22.6 Å². The Hall–Kier alpha value is -1.73. The van der Waals surface area contributed by atoms with Crippen LogP contribution in [-0.4, -0.2) is 41.0 Å². The second-order valence-electron chi connectivity index (χ2n) is 5.46. The second-order valence-corrected chi connectivity index (χ2v) is 7.14. The summed E-state index contributed by atoms with van der Waals surface area (Å²) >= 11 is 6.56. The highest BCUT2D eigenvalue weighted by Crippen LogP contribution is 2.39. The maximum absolute atomic E-state index is 12.5. The molecular formula is C16H19NO4S2. The number of aromatic hydroxyl groups is 1. The monoisotopic (exact) mass is 353 g/mol. The molecule has 7 heteroatoms. The maximum Gasteiger partial charge on any atom is 0.266 e. The van der Waals surface area contributed by atoms with Gasteiger partial charge in [0.2, 0.25) is 5.75 Å². The largest absolute Gasteiger partial charge is 0.502 e. The molecule has 0 aliphatic carbocycles. The highest BCUT2D eigenvalue weighted by molar-refractivity contribution is 8.26. The Morgan fingerprint density at radius 1 is 1.30 bits per heavy atom. The lowest BCUT2D eigenvalue weighted by atomic mass is 10.1. The van der Waals surface area contributed by atoms with Gasteiger partial charge in [0, 0.05) is 6.54 Å². The van der Waals surface area contributed by atoms with Crippen LogP contribution in [0.4, 0.5) is 0 Å². The van der Waals surface area contributed by atoms with E-state index in [1.54, 1.807) is 23.1 Å². The lowest BCUT2D eigenvalue weighted by molar-refractivity contribution is -0.122. The minimum atomic E-state index is -0.0975. The number of rotatable bonds is 5. The number of amides is 1. The van der Waals surface area contributed by atoms with E-state index in [1.165, 1.54) is 26.0 Å². The van der Waals surface area contributed by atoms with Crippen molar-refractivity contribution in [2.24, 2.45) is 5.92 Å². The number of phenols is 1. The molecule has 1 aliphatic rings. The van der Waals surface area contributed by atoms with E-state index in [4.69, 9.17) is 21.7 Å². The Kier molecular flexibility index (Phi) is 5.54. The van der Waals surface area contributed by atoms with E-state index in [2.05, 4.69) is 0 Å². The second kappa shape index (κ2) is 7.23. The van der Waals surface area contributed by atoms with Crippen molar-refractivity contribution in [2.45, 2.75) is 13.8 Å². The van der Waals surface area contributed by atoms with Crippen molar-refractivity contribution in [2.75, 3.05) is 20.8 Å². The van der Waals surface area contributed by atoms with Crippen molar-refractivity contribution in [3.63, 3.8) is 0 Å². The molecule has 23 heavy (non-hydrogen) atoms.